The number of phenolic OH excluding ortho intramolecular Hbond substituents is 1. The van der Waals surface area contributed by atoms with E-state index in [2.05, 4.69) is 16.0 Å². The Morgan fingerprint density at radius 2 is 1.22 bits per heavy atom. The molecule has 2 aromatic rings. The molecule has 0 radical (unpaired) electrons. The number of aromatic hydroxyl groups is 1. The Labute approximate surface area is 212 Å². The summed E-state index contributed by atoms with van der Waals surface area (Å²) in [6, 6.07) is 9.11. The molecule has 12 nitrogen and oxygen atoms in total. The quantitative estimate of drug-likeness (QED) is 0.184. The number of hydrogen-bond donors (Lipinski definition) is 7. The molecule has 4 atom stereocenters. The average molecular weight is 515 g/mol. The van der Waals surface area contributed by atoms with Gasteiger partial charge >= 0.3 is 11.9 Å². The van der Waals surface area contributed by atoms with Crippen LogP contribution in [-0.2, 0) is 36.8 Å². The van der Waals surface area contributed by atoms with E-state index in [4.69, 9.17) is 5.73 Å². The number of amides is 3. The maximum Gasteiger partial charge on any atom is 0.326 e. The number of carboxylic acid groups (broad SMARTS) is 2. The van der Waals surface area contributed by atoms with Gasteiger partial charge in [0.2, 0.25) is 17.7 Å². The van der Waals surface area contributed by atoms with Gasteiger partial charge in [-0.2, -0.15) is 0 Å². The summed E-state index contributed by atoms with van der Waals surface area (Å²) in [5.41, 5.74) is 6.76. The van der Waals surface area contributed by atoms with Crippen LogP contribution in [0.5, 0.6) is 5.75 Å². The maximum atomic E-state index is 13.1. The number of carbonyl (C=O) groups is 5. The highest BCUT2D eigenvalue weighted by Crippen LogP contribution is 2.12. The zero-order valence-electron chi connectivity index (χ0n) is 20.1. The van der Waals surface area contributed by atoms with Crippen molar-refractivity contribution in [1.29, 1.82) is 0 Å². The number of phenols is 1. The summed E-state index contributed by atoms with van der Waals surface area (Å²) in [5, 5.41) is 35.4. The average Bonchev–Trinajstić information content (AvgIpc) is 2.84. The second-order valence-electron chi connectivity index (χ2n) is 8.47. The van der Waals surface area contributed by atoms with Gasteiger partial charge in [-0.15, -0.1) is 0 Å². The van der Waals surface area contributed by atoms with Crippen LogP contribution in [0, 0.1) is 0 Å². The Morgan fingerprint density at radius 1 is 0.730 bits per heavy atom. The zero-order valence-corrected chi connectivity index (χ0v) is 20.1. The van der Waals surface area contributed by atoms with Gasteiger partial charge in [-0.1, -0.05) is 42.5 Å². The lowest BCUT2D eigenvalue weighted by Crippen LogP contribution is -2.58. The molecule has 0 aromatic heterocycles. The Bertz CT molecular complexity index is 1110. The number of hydrogen-bond acceptors (Lipinski definition) is 7. The van der Waals surface area contributed by atoms with E-state index in [9.17, 15) is 39.3 Å². The van der Waals surface area contributed by atoms with Crippen molar-refractivity contribution in [2.24, 2.45) is 5.73 Å². The topological polar surface area (TPSA) is 208 Å². The summed E-state index contributed by atoms with van der Waals surface area (Å²) in [5.74, 6) is -5.31. The van der Waals surface area contributed by atoms with Crippen LogP contribution in [0.3, 0.4) is 0 Å². The SMILES string of the molecule is CC(N)C(=O)NC(Cc1ccc(O)cc1)C(=O)NC(CC(=O)O)C(=O)NC(Cc1ccccc1)C(=O)O. The third-order valence-corrected chi connectivity index (χ3v) is 5.33. The van der Waals surface area contributed by atoms with Crippen LogP contribution in [0.25, 0.3) is 0 Å². The Balaban J connectivity index is 2.21. The molecule has 0 aliphatic carbocycles. The van der Waals surface area contributed by atoms with Gasteiger partial charge in [-0.25, -0.2) is 4.79 Å². The first-order valence-electron chi connectivity index (χ1n) is 11.4. The summed E-state index contributed by atoms with van der Waals surface area (Å²) in [6.07, 6.45) is -0.955. The van der Waals surface area contributed by atoms with Crippen molar-refractivity contribution in [1.82, 2.24) is 16.0 Å². The first kappa shape index (κ1) is 28.8. The van der Waals surface area contributed by atoms with Gasteiger partial charge in [0.05, 0.1) is 12.5 Å². The molecule has 0 fully saturated rings. The number of carbonyl (C=O) groups excluding carboxylic acids is 3. The molecule has 3 amide bonds. The predicted molar refractivity (Wildman–Crippen MR) is 131 cm³/mol. The minimum absolute atomic E-state index is 0.00829. The third kappa shape index (κ3) is 9.61. The number of benzene rings is 2. The molecule has 4 unspecified atom stereocenters. The number of nitrogens with one attached hydrogen (secondary N) is 3. The molecule has 0 spiro atoms. The maximum absolute atomic E-state index is 13.1. The summed E-state index contributed by atoms with van der Waals surface area (Å²) >= 11 is 0. The third-order valence-electron chi connectivity index (χ3n) is 5.33. The van der Waals surface area contributed by atoms with Crippen molar-refractivity contribution >= 4 is 29.7 Å². The second-order valence-corrected chi connectivity index (χ2v) is 8.47. The summed E-state index contributed by atoms with van der Waals surface area (Å²) in [4.78, 5) is 61.3. The van der Waals surface area contributed by atoms with Crippen molar-refractivity contribution in [3.05, 3.63) is 65.7 Å². The van der Waals surface area contributed by atoms with E-state index >= 15 is 0 Å². The Morgan fingerprint density at radius 3 is 1.76 bits per heavy atom. The largest absolute Gasteiger partial charge is 0.508 e. The molecule has 8 N–H and O–H groups in total. The lowest BCUT2D eigenvalue weighted by Gasteiger charge is -2.24. The van der Waals surface area contributed by atoms with Crippen molar-refractivity contribution in [2.75, 3.05) is 0 Å². The smallest absolute Gasteiger partial charge is 0.326 e. The second kappa shape index (κ2) is 13.6. The van der Waals surface area contributed by atoms with E-state index < -0.39 is 60.2 Å². The van der Waals surface area contributed by atoms with E-state index in [1.165, 1.54) is 31.2 Å². The minimum atomic E-state index is -1.63. The van der Waals surface area contributed by atoms with Crippen molar-refractivity contribution in [3.8, 4) is 5.75 Å². The van der Waals surface area contributed by atoms with Gasteiger partial charge < -0.3 is 37.0 Å². The number of rotatable bonds is 13. The van der Waals surface area contributed by atoms with E-state index in [-0.39, 0.29) is 18.6 Å². The lowest BCUT2D eigenvalue weighted by atomic mass is 10.0. The minimum Gasteiger partial charge on any atom is -0.508 e. The van der Waals surface area contributed by atoms with Gasteiger partial charge in [-0.05, 0) is 30.2 Å². The van der Waals surface area contributed by atoms with Crippen LogP contribution in [0.2, 0.25) is 0 Å². The first-order valence-corrected chi connectivity index (χ1v) is 11.4. The van der Waals surface area contributed by atoms with Gasteiger partial charge in [-0.3, -0.25) is 19.2 Å². The van der Waals surface area contributed by atoms with Crippen LogP contribution >= 0.6 is 0 Å². The summed E-state index contributed by atoms with van der Waals surface area (Å²) < 4.78 is 0. The predicted octanol–water partition coefficient (Wildman–Crippen LogP) is -0.462. The standard InChI is InChI=1S/C25H30N4O8/c1-14(26)22(33)27-18(11-16-7-9-17(30)10-8-16)23(34)28-19(13-21(31)32)24(35)29-20(25(36)37)12-15-5-3-2-4-6-15/h2-10,14,18-20,30H,11-13,26H2,1H3,(H,27,33)(H,28,34)(H,29,35)(H,31,32)(H,36,37). The number of nitrogens with two attached hydrogens (primary N) is 1. The van der Waals surface area contributed by atoms with Gasteiger partial charge in [0.1, 0.15) is 23.9 Å². The van der Waals surface area contributed by atoms with E-state index in [1.54, 1.807) is 30.3 Å². The summed E-state index contributed by atoms with van der Waals surface area (Å²) in [6.45, 7) is 1.41. The monoisotopic (exact) mass is 514 g/mol. The molecule has 0 aliphatic heterocycles. The van der Waals surface area contributed by atoms with Gasteiger partial charge in [0.15, 0.2) is 0 Å². The molecule has 12 heteroatoms. The van der Waals surface area contributed by atoms with Crippen LogP contribution in [0.1, 0.15) is 24.5 Å². The molecule has 198 valence electrons. The van der Waals surface area contributed by atoms with Gasteiger partial charge in [0, 0.05) is 12.8 Å². The van der Waals surface area contributed by atoms with Crippen molar-refractivity contribution < 1.29 is 39.3 Å². The molecule has 0 bridgehead atoms. The van der Waals surface area contributed by atoms with E-state index in [1.807, 2.05) is 0 Å². The number of carboxylic acids is 2. The lowest BCUT2D eigenvalue weighted by molar-refractivity contribution is -0.143. The summed E-state index contributed by atoms with van der Waals surface area (Å²) in [7, 11) is 0. The molecule has 2 rings (SSSR count). The highest BCUT2D eigenvalue weighted by atomic mass is 16.4. The molecular formula is C25H30N4O8. The highest BCUT2D eigenvalue weighted by molar-refractivity contribution is 5.95. The van der Waals surface area contributed by atoms with Crippen molar-refractivity contribution in [2.45, 2.75) is 50.4 Å². The Kier molecular flexibility index (Phi) is 10.6. The fourth-order valence-corrected chi connectivity index (χ4v) is 3.36. The van der Waals surface area contributed by atoms with Crippen LogP contribution in [0.15, 0.2) is 54.6 Å². The normalized spacial score (nSPS) is 13.9. The highest BCUT2D eigenvalue weighted by Gasteiger charge is 2.31. The number of aliphatic carboxylic acids is 2. The molecule has 2 aromatic carbocycles. The molecule has 0 heterocycles. The van der Waals surface area contributed by atoms with E-state index in [0.717, 1.165) is 0 Å². The zero-order chi connectivity index (χ0) is 27.5. The van der Waals surface area contributed by atoms with Crippen molar-refractivity contribution in [3.63, 3.8) is 0 Å². The fourth-order valence-electron chi connectivity index (χ4n) is 3.36. The van der Waals surface area contributed by atoms with Crippen LogP contribution < -0.4 is 21.7 Å². The molecule has 37 heavy (non-hydrogen) atoms. The van der Waals surface area contributed by atoms with Gasteiger partial charge in [0.25, 0.3) is 0 Å². The van der Waals surface area contributed by atoms with Crippen LogP contribution in [-0.4, -0.2) is 69.1 Å². The Hall–Kier alpha value is -4.45. The van der Waals surface area contributed by atoms with E-state index in [0.29, 0.717) is 11.1 Å². The molecule has 0 aliphatic rings. The van der Waals surface area contributed by atoms with Crippen LogP contribution in [0.4, 0.5) is 0 Å². The molecular weight excluding hydrogens is 484 g/mol. The fraction of sp³-hybridized carbons (Fsp3) is 0.320. The molecule has 0 saturated heterocycles. The molecule has 0 saturated carbocycles. The first-order chi connectivity index (χ1) is 17.5.